The molecule has 30 nitrogen and oxygen atoms in total. The molecule has 5 saturated heterocycles. The van der Waals surface area contributed by atoms with Gasteiger partial charge in [0.05, 0.1) is 38.6 Å². The predicted molar refractivity (Wildman–Crippen MR) is 277 cm³/mol. The summed E-state index contributed by atoms with van der Waals surface area (Å²) in [5, 5.41) is 112. The fourth-order valence-electron chi connectivity index (χ4n) is 15.8. The Kier molecular flexibility index (Phi) is 24.5. The maximum absolute atomic E-state index is 13.0. The Morgan fingerprint density at radius 3 is 1.84 bits per heavy atom. The Balaban J connectivity index is 0.00000541. The SMILES string of the molecule is CO[C@@H]1[C@@H](O)[C@H](O[C@@H]2[C@@H](O)[C@H](O[C@H]3[C@H](O)[C@@H](C)O[C@@H](O[C@H]4[C@H](O[C@H]5CC[C@]6(C)C7=CC[C@]8(C)[C@@H](C(C)=O)CC[C@@]8(C)[C@@H]7CC[C@H]6C5(C)C)OC[C@@H](OS(=O)(=O)[O-])[C@@H]4O)[C@@H]3O[C@@H]3OC[C@@H](O)[C@H](O)[C@H]3O)O[C@H](COS(=O)(=O)[O-])[C@H]2O)O[C@H](CO)[C@H]1O.[Na+].[Na+]. The van der Waals surface area contributed by atoms with Crippen molar-refractivity contribution in [1.82, 2.24) is 0 Å². The smallest absolute Gasteiger partial charge is 0.726 e. The number of carbonyl (C=O) groups is 1. The van der Waals surface area contributed by atoms with E-state index in [0.717, 1.165) is 39.2 Å². The summed E-state index contributed by atoms with van der Waals surface area (Å²) in [5.74, 6) is 0.412. The molecule has 87 heavy (non-hydrogen) atoms. The molecule has 0 amide bonds. The van der Waals surface area contributed by atoms with Crippen molar-refractivity contribution < 1.29 is 201 Å². The molecule has 9 aliphatic rings. The average molecular weight is 1310 g/mol. The van der Waals surface area contributed by atoms with Crippen molar-refractivity contribution in [2.24, 2.45) is 39.4 Å². The Labute approximate surface area is 549 Å². The minimum absolute atomic E-state index is 0. The van der Waals surface area contributed by atoms with Crippen molar-refractivity contribution in [2.75, 3.05) is 33.5 Å². The molecule has 5 heterocycles. The van der Waals surface area contributed by atoms with Crippen LogP contribution in [0.4, 0.5) is 0 Å². The number of fused-ring (bicyclic) bond motifs is 5. The fourth-order valence-corrected chi connectivity index (χ4v) is 16.6. The van der Waals surface area contributed by atoms with E-state index in [1.54, 1.807) is 6.92 Å². The van der Waals surface area contributed by atoms with Crippen molar-refractivity contribution in [3.8, 4) is 0 Å². The largest absolute Gasteiger partial charge is 1.00 e. The molecular weight excluding hydrogens is 1230 g/mol. The summed E-state index contributed by atoms with van der Waals surface area (Å²) in [6, 6.07) is 0. The van der Waals surface area contributed by atoms with Gasteiger partial charge in [0.15, 0.2) is 31.5 Å². The molecule has 3 saturated carbocycles. The molecule has 0 unspecified atom stereocenters. The third-order valence-electron chi connectivity index (χ3n) is 20.7. The Morgan fingerprint density at radius 1 is 0.621 bits per heavy atom. The number of aliphatic hydroxyl groups is 10. The van der Waals surface area contributed by atoms with Gasteiger partial charge in [-0.05, 0) is 92.3 Å². The monoisotopic (exact) mass is 1310 g/mol. The van der Waals surface area contributed by atoms with Gasteiger partial charge in [-0.15, -0.1) is 0 Å². The summed E-state index contributed by atoms with van der Waals surface area (Å²) in [6.07, 6.45) is -37.3. The second-order valence-electron chi connectivity index (χ2n) is 25.7. The van der Waals surface area contributed by atoms with Gasteiger partial charge in [-0.3, -0.25) is 13.2 Å². The number of ketones is 1. The number of hydrogen-bond donors (Lipinski definition) is 10. The van der Waals surface area contributed by atoms with Gasteiger partial charge in [0.2, 0.25) is 20.8 Å². The van der Waals surface area contributed by atoms with E-state index in [9.17, 15) is 81.8 Å². The van der Waals surface area contributed by atoms with Crippen LogP contribution in [0, 0.1) is 39.4 Å². The first kappa shape index (κ1) is 74.7. The predicted octanol–water partition coefficient (Wildman–Crippen LogP) is -9.40. The summed E-state index contributed by atoms with van der Waals surface area (Å²) in [4.78, 5) is 13.0. The van der Waals surface area contributed by atoms with Gasteiger partial charge < -0.3 is 112 Å². The molecule has 0 aromatic heterocycles. The first-order chi connectivity index (χ1) is 39.6. The maximum atomic E-state index is 13.0. The quantitative estimate of drug-likeness (QED) is 0.0200. The standard InChI is InChI=1S/C53H86O30S2.2Na/c1-21(55)23-11-15-53(7)25-9-10-30-50(3,4)31(13-14-51(30,5)24(25)12-16-52(23,53)6)78-48-43(36(61)29(19-73-48)83-85(68,69)70)81-49-44(82-45-37(62)33(58)26(56)18-72-45)42(32(57)22(2)75-49)80-47-39(64)41(35(60)28(77-47)20-74-84(65,66)67)79-46-38(63)40(71-8)34(59)27(17-54)76-46;;/h12,22-23,25-49,54,56-64H,9-11,13-20H2,1-8H3,(H,65,66,67)(H,68,69,70);;/q;2*+1/p-2/t22-,23-,25-,26-,27-,28-,29-,30+,31+,32-,33+,34-,35-,36+,37-,38-,39-,40+,41+,42+,43-,44-,45+,46+,47+,48+,49+,51-,52-,53+;;/m1../s1. The van der Waals surface area contributed by atoms with Gasteiger partial charge in [0, 0.05) is 13.0 Å². The molecule has 4 aliphatic carbocycles. The van der Waals surface area contributed by atoms with Crippen LogP contribution in [0.15, 0.2) is 11.6 Å². The van der Waals surface area contributed by atoms with E-state index in [-0.39, 0.29) is 98.9 Å². The second kappa shape index (κ2) is 28.6. The molecule has 490 valence electrons. The zero-order chi connectivity index (χ0) is 62.4. The molecule has 0 radical (unpaired) electrons. The van der Waals surface area contributed by atoms with E-state index in [1.807, 2.05) is 0 Å². The van der Waals surface area contributed by atoms with E-state index in [4.69, 9.17) is 56.3 Å². The summed E-state index contributed by atoms with van der Waals surface area (Å²) < 4.78 is 147. The molecule has 30 atom stereocenters. The minimum Gasteiger partial charge on any atom is -0.726 e. The Morgan fingerprint density at radius 2 is 1.22 bits per heavy atom. The Hall–Kier alpha value is 0.310. The van der Waals surface area contributed by atoms with Crippen LogP contribution in [0.2, 0.25) is 0 Å². The van der Waals surface area contributed by atoms with E-state index in [1.165, 1.54) is 12.5 Å². The van der Waals surface area contributed by atoms with Gasteiger partial charge in [-0.2, -0.15) is 0 Å². The van der Waals surface area contributed by atoms with E-state index >= 15 is 0 Å². The molecule has 0 bridgehead atoms. The van der Waals surface area contributed by atoms with E-state index < -0.39 is 200 Å². The molecule has 10 N–H and O–H groups in total. The van der Waals surface area contributed by atoms with Gasteiger partial charge in [0.25, 0.3) is 0 Å². The number of aliphatic hydroxyl groups excluding tert-OH is 10. The van der Waals surface area contributed by atoms with Gasteiger partial charge in [-0.1, -0.05) is 46.3 Å². The molecule has 0 spiro atoms. The zero-order valence-electron chi connectivity index (χ0n) is 50.4. The molecule has 34 heteroatoms. The van der Waals surface area contributed by atoms with Crippen molar-refractivity contribution in [2.45, 2.75) is 241 Å². The number of Topliss-reactive ketones (excluding diaryl/α,β-unsaturated/α-hetero) is 1. The first-order valence-corrected chi connectivity index (χ1v) is 31.5. The van der Waals surface area contributed by atoms with E-state index in [0.29, 0.717) is 12.8 Å². The van der Waals surface area contributed by atoms with Crippen LogP contribution >= 0.6 is 0 Å². The zero-order valence-corrected chi connectivity index (χ0v) is 56.0. The molecule has 8 fully saturated rings. The fraction of sp³-hybridized carbons (Fsp3) is 0.943. The number of allylic oxidation sites excluding steroid dienone is 2. The van der Waals surface area contributed by atoms with Crippen molar-refractivity contribution >= 4 is 26.6 Å². The minimum atomic E-state index is -5.55. The molecule has 9 rings (SSSR count). The van der Waals surface area contributed by atoms with Crippen LogP contribution in [0.5, 0.6) is 0 Å². The summed E-state index contributed by atoms with van der Waals surface area (Å²) in [5.41, 5.74) is 0.0959. The first-order valence-electron chi connectivity index (χ1n) is 28.8. The van der Waals surface area contributed by atoms with Crippen molar-refractivity contribution in [3.63, 3.8) is 0 Å². The van der Waals surface area contributed by atoms with Crippen LogP contribution in [-0.4, -0.2) is 264 Å². The number of rotatable bonds is 18. The van der Waals surface area contributed by atoms with Crippen LogP contribution < -0.4 is 59.1 Å². The second-order valence-corrected chi connectivity index (χ2v) is 27.8. The van der Waals surface area contributed by atoms with Crippen LogP contribution in [0.1, 0.15) is 93.4 Å². The van der Waals surface area contributed by atoms with Crippen molar-refractivity contribution in [1.29, 1.82) is 0 Å². The van der Waals surface area contributed by atoms with Crippen LogP contribution in [-0.2, 0) is 86.1 Å². The number of carbonyl (C=O) groups excluding carboxylic acids is 1. The normalized spacial score (nSPS) is 49.2. The van der Waals surface area contributed by atoms with Gasteiger partial charge in [0.1, 0.15) is 110 Å². The molecule has 5 aliphatic heterocycles. The van der Waals surface area contributed by atoms with Crippen LogP contribution in [0.3, 0.4) is 0 Å². The van der Waals surface area contributed by atoms with Crippen molar-refractivity contribution in [3.05, 3.63) is 11.6 Å². The number of hydrogen-bond acceptors (Lipinski definition) is 30. The third kappa shape index (κ3) is 14.6. The van der Waals surface area contributed by atoms with Crippen LogP contribution in [0.25, 0.3) is 0 Å². The van der Waals surface area contributed by atoms with Gasteiger partial charge >= 0.3 is 59.1 Å². The number of ether oxygens (including phenoxy) is 11. The topological polar surface area (TPSA) is 454 Å². The van der Waals surface area contributed by atoms with Gasteiger partial charge in [-0.25, -0.2) is 16.8 Å². The molecular formula is C53H84Na2O30S2. The maximum Gasteiger partial charge on any atom is 1.00 e. The summed E-state index contributed by atoms with van der Waals surface area (Å²) >= 11 is 0. The summed E-state index contributed by atoms with van der Waals surface area (Å²) in [7, 11) is -9.98. The number of methoxy groups -OCH3 is 1. The van der Waals surface area contributed by atoms with E-state index in [2.05, 4.69) is 44.9 Å². The molecule has 0 aromatic rings. The third-order valence-corrected chi connectivity index (χ3v) is 21.6. The Bertz CT molecular complexity index is 2610. The summed E-state index contributed by atoms with van der Waals surface area (Å²) in [6.45, 7) is 10.4. The average Bonchev–Trinajstić information content (AvgIpc) is 1.68. The molecule has 0 aromatic carbocycles.